The molecule has 0 radical (unpaired) electrons. The summed E-state index contributed by atoms with van der Waals surface area (Å²) in [5.41, 5.74) is 7.78. The Balaban J connectivity index is 2.11. The summed E-state index contributed by atoms with van der Waals surface area (Å²) in [6.45, 7) is 0.397. The minimum Gasteiger partial charge on any atom is -0.489 e. The van der Waals surface area contributed by atoms with Crippen molar-refractivity contribution in [3.63, 3.8) is 0 Å². The highest BCUT2D eigenvalue weighted by molar-refractivity contribution is 6.31. The number of nitrogens with two attached hydrogens (primary N) is 1. The molecule has 0 unspecified atom stereocenters. The highest BCUT2D eigenvalue weighted by Crippen LogP contribution is 2.23. The van der Waals surface area contributed by atoms with Crippen LogP contribution in [0.5, 0.6) is 5.75 Å². The van der Waals surface area contributed by atoms with E-state index in [2.05, 4.69) is 0 Å². The van der Waals surface area contributed by atoms with Gasteiger partial charge in [0.25, 0.3) is 0 Å². The van der Waals surface area contributed by atoms with Crippen LogP contribution < -0.4 is 10.5 Å². The molecule has 0 saturated carbocycles. The summed E-state index contributed by atoms with van der Waals surface area (Å²) in [7, 11) is 0. The maximum Gasteiger partial charge on any atom is 0.123 e. The Morgan fingerprint density at radius 3 is 2.62 bits per heavy atom. The average molecular weight is 305 g/mol. The molecule has 5 heteroatoms. The van der Waals surface area contributed by atoms with Crippen molar-refractivity contribution in [2.75, 3.05) is 6.61 Å². The largest absolute Gasteiger partial charge is 0.489 e. The first-order valence-corrected chi connectivity index (χ1v) is 6.94. The number of hydrogen-bond donors (Lipinski definition) is 3. The van der Waals surface area contributed by atoms with Crippen molar-refractivity contribution < 1.29 is 9.84 Å². The lowest BCUT2D eigenvalue weighted by Gasteiger charge is -2.12. The zero-order valence-corrected chi connectivity index (χ0v) is 12.2. The van der Waals surface area contributed by atoms with Crippen molar-refractivity contribution >= 4 is 17.4 Å². The SMILES string of the molecule is N=C(N)c1ccc(COc2ccccc2CCO)c(Cl)c1. The molecule has 0 aromatic heterocycles. The van der Waals surface area contributed by atoms with Crippen molar-refractivity contribution in [2.45, 2.75) is 13.0 Å². The van der Waals surface area contributed by atoms with Gasteiger partial charge in [-0.25, -0.2) is 0 Å². The molecule has 0 aliphatic carbocycles. The minimum atomic E-state index is -0.0161. The third-order valence-electron chi connectivity index (χ3n) is 3.10. The summed E-state index contributed by atoms with van der Waals surface area (Å²) in [4.78, 5) is 0. The molecular formula is C16H17ClN2O2. The zero-order chi connectivity index (χ0) is 15.2. The fourth-order valence-electron chi connectivity index (χ4n) is 1.96. The lowest BCUT2D eigenvalue weighted by molar-refractivity contribution is 0.284. The number of ether oxygens (including phenoxy) is 1. The molecule has 0 spiro atoms. The zero-order valence-electron chi connectivity index (χ0n) is 11.5. The number of nitrogens with one attached hydrogen (secondary N) is 1. The lowest BCUT2D eigenvalue weighted by atomic mass is 10.1. The smallest absolute Gasteiger partial charge is 0.123 e. The van der Waals surface area contributed by atoms with E-state index in [0.29, 0.717) is 23.6 Å². The number of aliphatic hydroxyl groups excluding tert-OH is 1. The van der Waals surface area contributed by atoms with E-state index in [-0.39, 0.29) is 12.4 Å². The summed E-state index contributed by atoms with van der Waals surface area (Å²) >= 11 is 6.17. The molecule has 0 heterocycles. The summed E-state index contributed by atoms with van der Waals surface area (Å²) in [6.07, 6.45) is 0.549. The van der Waals surface area contributed by atoms with Gasteiger partial charge in [-0.1, -0.05) is 41.9 Å². The highest BCUT2D eigenvalue weighted by Gasteiger charge is 2.07. The molecule has 0 fully saturated rings. The van der Waals surface area contributed by atoms with Gasteiger partial charge >= 0.3 is 0 Å². The number of halogens is 1. The molecule has 0 aliphatic heterocycles. The predicted octanol–water partition coefficient (Wildman–Crippen LogP) is 2.74. The molecule has 0 bridgehead atoms. The fraction of sp³-hybridized carbons (Fsp3) is 0.188. The first kappa shape index (κ1) is 15.4. The van der Waals surface area contributed by atoms with Crippen LogP contribution in [-0.4, -0.2) is 17.5 Å². The van der Waals surface area contributed by atoms with Gasteiger partial charge in [0.1, 0.15) is 18.2 Å². The minimum absolute atomic E-state index is 0.0161. The van der Waals surface area contributed by atoms with Gasteiger partial charge in [0.05, 0.1) is 0 Å². The van der Waals surface area contributed by atoms with Crippen molar-refractivity contribution in [3.8, 4) is 5.75 Å². The predicted molar refractivity (Wildman–Crippen MR) is 84.0 cm³/mol. The van der Waals surface area contributed by atoms with Crippen LogP contribution in [0, 0.1) is 5.41 Å². The molecule has 4 nitrogen and oxygen atoms in total. The summed E-state index contributed by atoms with van der Waals surface area (Å²) in [5, 5.41) is 16.9. The normalized spacial score (nSPS) is 10.4. The van der Waals surface area contributed by atoms with Gasteiger partial charge in [-0.15, -0.1) is 0 Å². The fourth-order valence-corrected chi connectivity index (χ4v) is 2.19. The molecule has 0 atom stereocenters. The Morgan fingerprint density at radius 2 is 1.95 bits per heavy atom. The van der Waals surface area contributed by atoms with E-state index < -0.39 is 0 Å². The van der Waals surface area contributed by atoms with E-state index in [1.807, 2.05) is 24.3 Å². The van der Waals surface area contributed by atoms with Crippen LogP contribution in [0.25, 0.3) is 0 Å². The van der Waals surface area contributed by atoms with E-state index in [1.165, 1.54) is 0 Å². The number of rotatable bonds is 6. The first-order valence-electron chi connectivity index (χ1n) is 6.56. The Morgan fingerprint density at radius 1 is 1.19 bits per heavy atom. The third kappa shape index (κ3) is 3.97. The number of para-hydroxylation sites is 1. The van der Waals surface area contributed by atoms with Crippen molar-refractivity contribution in [1.82, 2.24) is 0 Å². The molecular weight excluding hydrogens is 288 g/mol. The van der Waals surface area contributed by atoms with Gasteiger partial charge in [0, 0.05) is 22.8 Å². The second-order valence-electron chi connectivity index (χ2n) is 4.59. The second kappa shape index (κ2) is 7.11. The van der Waals surface area contributed by atoms with Crippen LogP contribution in [0.1, 0.15) is 16.7 Å². The summed E-state index contributed by atoms with van der Waals surface area (Å²) < 4.78 is 5.78. The average Bonchev–Trinajstić information content (AvgIpc) is 2.47. The van der Waals surface area contributed by atoms with E-state index in [9.17, 15) is 0 Å². The molecule has 21 heavy (non-hydrogen) atoms. The number of benzene rings is 2. The first-order chi connectivity index (χ1) is 10.1. The number of hydrogen-bond acceptors (Lipinski definition) is 3. The number of amidine groups is 1. The Kier molecular flexibility index (Phi) is 5.20. The van der Waals surface area contributed by atoms with Crippen LogP contribution in [0.3, 0.4) is 0 Å². The molecule has 2 aromatic carbocycles. The van der Waals surface area contributed by atoms with Gasteiger partial charge in [-0.2, -0.15) is 0 Å². The van der Waals surface area contributed by atoms with Gasteiger partial charge in [-0.05, 0) is 24.1 Å². The quantitative estimate of drug-likeness (QED) is 0.567. The van der Waals surface area contributed by atoms with Crippen LogP contribution in [-0.2, 0) is 13.0 Å². The van der Waals surface area contributed by atoms with E-state index >= 15 is 0 Å². The maximum absolute atomic E-state index is 9.05. The molecule has 2 aromatic rings. The molecule has 2 rings (SSSR count). The van der Waals surface area contributed by atoms with E-state index in [0.717, 1.165) is 16.9 Å². The van der Waals surface area contributed by atoms with Gasteiger partial charge in [0.2, 0.25) is 0 Å². The Hall–Kier alpha value is -2.04. The van der Waals surface area contributed by atoms with Crippen LogP contribution in [0.4, 0.5) is 0 Å². The van der Waals surface area contributed by atoms with Crippen LogP contribution in [0.15, 0.2) is 42.5 Å². The second-order valence-corrected chi connectivity index (χ2v) is 5.00. The topological polar surface area (TPSA) is 79.3 Å². The summed E-state index contributed by atoms with van der Waals surface area (Å²) in [6, 6.07) is 12.8. The molecule has 110 valence electrons. The molecule has 0 saturated heterocycles. The van der Waals surface area contributed by atoms with Crippen molar-refractivity contribution in [3.05, 3.63) is 64.2 Å². The van der Waals surface area contributed by atoms with Gasteiger partial charge in [0.15, 0.2) is 0 Å². The van der Waals surface area contributed by atoms with Crippen LogP contribution >= 0.6 is 11.6 Å². The van der Waals surface area contributed by atoms with Crippen molar-refractivity contribution in [1.29, 1.82) is 5.41 Å². The Bertz CT molecular complexity index is 644. The van der Waals surface area contributed by atoms with Crippen molar-refractivity contribution in [2.24, 2.45) is 5.73 Å². The van der Waals surface area contributed by atoms with Gasteiger partial charge < -0.3 is 15.6 Å². The standard InChI is InChI=1S/C16H17ClN2O2/c17-14-9-12(16(18)19)5-6-13(14)10-21-15-4-2-1-3-11(15)7-8-20/h1-6,9,20H,7-8,10H2,(H3,18,19). The highest BCUT2D eigenvalue weighted by atomic mass is 35.5. The monoisotopic (exact) mass is 304 g/mol. The molecule has 0 amide bonds. The maximum atomic E-state index is 9.05. The number of aliphatic hydroxyl groups is 1. The van der Waals surface area contributed by atoms with E-state index in [4.69, 9.17) is 32.6 Å². The molecule has 4 N–H and O–H groups in total. The lowest BCUT2D eigenvalue weighted by Crippen LogP contribution is -2.11. The van der Waals surface area contributed by atoms with E-state index in [1.54, 1.807) is 18.2 Å². The van der Waals surface area contributed by atoms with Crippen LogP contribution in [0.2, 0.25) is 5.02 Å². The number of nitrogen functional groups attached to an aromatic ring is 1. The molecule has 0 aliphatic rings. The Labute approximate surface area is 128 Å². The van der Waals surface area contributed by atoms with Gasteiger partial charge in [-0.3, -0.25) is 5.41 Å². The third-order valence-corrected chi connectivity index (χ3v) is 3.45. The summed E-state index contributed by atoms with van der Waals surface area (Å²) in [5.74, 6) is 0.718.